The summed E-state index contributed by atoms with van der Waals surface area (Å²) in [7, 11) is 2.84. The lowest BCUT2D eigenvalue weighted by atomic mass is 9.78. The fourth-order valence-electron chi connectivity index (χ4n) is 4.60. The highest BCUT2D eigenvalue weighted by molar-refractivity contribution is 5.86. The first kappa shape index (κ1) is 25.0. The van der Waals surface area contributed by atoms with E-state index in [2.05, 4.69) is 53.3 Å². The van der Waals surface area contributed by atoms with E-state index in [1.165, 1.54) is 25.9 Å². The van der Waals surface area contributed by atoms with Crippen molar-refractivity contribution in [3.8, 4) is 0 Å². The predicted octanol–water partition coefficient (Wildman–Crippen LogP) is 6.14. The van der Waals surface area contributed by atoms with Crippen LogP contribution in [-0.4, -0.2) is 26.2 Å². The molecular formula is C30H32O4. The average Bonchev–Trinajstić information content (AvgIpc) is 3.68. The third-order valence-corrected chi connectivity index (χ3v) is 6.19. The van der Waals surface area contributed by atoms with E-state index >= 15 is 0 Å². The number of esters is 2. The van der Waals surface area contributed by atoms with E-state index in [-0.39, 0.29) is 17.9 Å². The Kier molecular flexibility index (Phi) is 9.65. The van der Waals surface area contributed by atoms with Gasteiger partial charge in [0.25, 0.3) is 0 Å². The second-order valence-electron chi connectivity index (χ2n) is 8.29. The van der Waals surface area contributed by atoms with Crippen molar-refractivity contribution in [3.63, 3.8) is 0 Å². The van der Waals surface area contributed by atoms with Crippen LogP contribution in [0, 0.1) is 17.8 Å². The zero-order chi connectivity index (χ0) is 24.2. The topological polar surface area (TPSA) is 52.6 Å². The molecular weight excluding hydrogens is 424 g/mol. The monoisotopic (exact) mass is 456 g/mol. The zero-order valence-corrected chi connectivity index (χ0v) is 19.7. The molecule has 3 aliphatic carbocycles. The van der Waals surface area contributed by atoms with Crippen molar-refractivity contribution < 1.29 is 19.1 Å². The number of allylic oxidation sites excluding steroid dienone is 6. The number of methoxy groups -OCH3 is 2. The fourth-order valence-corrected chi connectivity index (χ4v) is 4.60. The summed E-state index contributed by atoms with van der Waals surface area (Å²) in [6.07, 6.45) is 18.2. The molecule has 5 rings (SSSR count). The molecule has 0 aliphatic heterocycles. The minimum Gasteiger partial charge on any atom is -0.469 e. The maximum absolute atomic E-state index is 11.9. The Bertz CT molecular complexity index is 1020. The Morgan fingerprint density at radius 1 is 0.824 bits per heavy atom. The first-order valence-electron chi connectivity index (χ1n) is 11.6. The number of carbonyl (C=O) groups is 2. The molecule has 0 saturated heterocycles. The van der Waals surface area contributed by atoms with Gasteiger partial charge in [0, 0.05) is 12.0 Å². The van der Waals surface area contributed by atoms with Gasteiger partial charge in [-0.3, -0.25) is 4.79 Å². The van der Waals surface area contributed by atoms with E-state index in [1.807, 2.05) is 48.5 Å². The highest BCUT2D eigenvalue weighted by Gasteiger charge is 2.49. The number of carbonyl (C=O) groups excluding carboxylic acids is 2. The predicted molar refractivity (Wildman–Crippen MR) is 136 cm³/mol. The molecule has 3 aliphatic rings. The average molecular weight is 457 g/mol. The van der Waals surface area contributed by atoms with Crippen LogP contribution in [0.2, 0.25) is 0 Å². The summed E-state index contributed by atoms with van der Waals surface area (Å²) in [4.78, 5) is 22.6. The summed E-state index contributed by atoms with van der Waals surface area (Å²) in [6, 6.07) is 19.9. The Balaban J connectivity index is 0.000000165. The van der Waals surface area contributed by atoms with Crippen molar-refractivity contribution in [2.75, 3.05) is 14.2 Å². The third-order valence-electron chi connectivity index (χ3n) is 6.19. The molecule has 2 unspecified atom stereocenters. The lowest BCUT2D eigenvalue weighted by Crippen LogP contribution is -2.27. The maximum atomic E-state index is 11.9. The highest BCUT2D eigenvalue weighted by atomic mass is 16.5. The van der Waals surface area contributed by atoms with Gasteiger partial charge in [0.15, 0.2) is 0 Å². The van der Waals surface area contributed by atoms with Gasteiger partial charge in [-0.1, -0.05) is 97.1 Å². The normalized spacial score (nSPS) is 23.1. The SMILES string of the molecule is C1=CCC=C1.COC(=O)/C=C/c1ccccc1.COC(=O)[C@H]1C2C=CC(C2)[C@@H]1c1ccccc1. The Hall–Kier alpha value is -3.66. The van der Waals surface area contributed by atoms with Crippen LogP contribution in [0.1, 0.15) is 29.9 Å². The summed E-state index contributed by atoms with van der Waals surface area (Å²) in [5, 5.41) is 0. The Morgan fingerprint density at radius 3 is 2.00 bits per heavy atom. The van der Waals surface area contributed by atoms with Crippen molar-refractivity contribution in [1.29, 1.82) is 0 Å². The van der Waals surface area contributed by atoms with Gasteiger partial charge in [-0.05, 0) is 41.9 Å². The van der Waals surface area contributed by atoms with E-state index < -0.39 is 0 Å². The Labute approximate surface area is 202 Å². The zero-order valence-electron chi connectivity index (χ0n) is 19.7. The Morgan fingerprint density at radius 2 is 1.44 bits per heavy atom. The van der Waals surface area contributed by atoms with Gasteiger partial charge < -0.3 is 9.47 Å². The van der Waals surface area contributed by atoms with E-state index in [4.69, 9.17) is 4.74 Å². The highest BCUT2D eigenvalue weighted by Crippen LogP contribution is 2.53. The number of fused-ring (bicyclic) bond motifs is 2. The van der Waals surface area contributed by atoms with Gasteiger partial charge >= 0.3 is 11.9 Å². The molecule has 4 heteroatoms. The van der Waals surface area contributed by atoms with Crippen LogP contribution in [0.15, 0.2) is 103 Å². The standard InChI is InChI=1S/C15H16O2.C10H10O2.C5H6/c1-17-15(16)14-12-8-7-11(9-12)13(14)10-5-3-2-4-6-10;1-12-10(11)8-7-9-5-3-2-4-6-9;1-2-4-5-3-1/h2-8,11-14H,9H2,1H3;2-8H,1H3;1-4H,5H2/b;8-7+;/t11?,12?,13-,14-;;/m0../s1. The van der Waals surface area contributed by atoms with Crippen LogP contribution in [-0.2, 0) is 19.1 Å². The summed E-state index contributed by atoms with van der Waals surface area (Å²) in [6.45, 7) is 0. The molecule has 0 aromatic heterocycles. The molecule has 1 saturated carbocycles. The van der Waals surface area contributed by atoms with E-state index in [0.29, 0.717) is 17.8 Å². The minimum absolute atomic E-state index is 0.0115. The van der Waals surface area contributed by atoms with E-state index in [1.54, 1.807) is 6.08 Å². The van der Waals surface area contributed by atoms with Gasteiger partial charge in [-0.2, -0.15) is 0 Å². The quantitative estimate of drug-likeness (QED) is 0.315. The van der Waals surface area contributed by atoms with Crippen LogP contribution in [0.25, 0.3) is 6.08 Å². The van der Waals surface area contributed by atoms with Crippen LogP contribution < -0.4 is 0 Å². The molecule has 0 amide bonds. The second-order valence-corrected chi connectivity index (χ2v) is 8.29. The molecule has 2 bridgehead atoms. The van der Waals surface area contributed by atoms with Crippen molar-refractivity contribution in [2.24, 2.45) is 17.8 Å². The summed E-state index contributed by atoms with van der Waals surface area (Å²) in [5.74, 6) is 0.801. The molecule has 0 heterocycles. The van der Waals surface area contributed by atoms with Gasteiger partial charge in [0.1, 0.15) is 0 Å². The smallest absolute Gasteiger partial charge is 0.330 e. The number of benzene rings is 2. The van der Waals surface area contributed by atoms with Crippen LogP contribution in [0.3, 0.4) is 0 Å². The first-order chi connectivity index (χ1) is 16.6. The van der Waals surface area contributed by atoms with Crippen LogP contribution in [0.5, 0.6) is 0 Å². The van der Waals surface area contributed by atoms with Crippen LogP contribution >= 0.6 is 0 Å². The maximum Gasteiger partial charge on any atom is 0.330 e. The number of hydrogen-bond donors (Lipinski definition) is 0. The molecule has 0 spiro atoms. The summed E-state index contributed by atoms with van der Waals surface area (Å²) < 4.78 is 9.41. The van der Waals surface area contributed by atoms with Crippen molar-refractivity contribution >= 4 is 18.0 Å². The molecule has 176 valence electrons. The van der Waals surface area contributed by atoms with Crippen molar-refractivity contribution in [1.82, 2.24) is 0 Å². The van der Waals surface area contributed by atoms with Gasteiger partial charge in [-0.25, -0.2) is 4.79 Å². The lowest BCUT2D eigenvalue weighted by molar-refractivity contribution is -0.147. The molecule has 4 atom stereocenters. The fraction of sp³-hybridized carbons (Fsp3) is 0.267. The van der Waals surface area contributed by atoms with E-state index in [0.717, 1.165) is 18.4 Å². The molecule has 0 radical (unpaired) electrons. The minimum atomic E-state index is -0.334. The summed E-state index contributed by atoms with van der Waals surface area (Å²) >= 11 is 0. The number of rotatable bonds is 4. The first-order valence-corrected chi connectivity index (χ1v) is 11.6. The third kappa shape index (κ3) is 6.92. The number of ether oxygens (including phenoxy) is 2. The van der Waals surface area contributed by atoms with Crippen molar-refractivity contribution in [2.45, 2.75) is 18.8 Å². The lowest BCUT2D eigenvalue weighted by Gasteiger charge is -2.26. The molecule has 34 heavy (non-hydrogen) atoms. The van der Waals surface area contributed by atoms with Gasteiger partial charge in [0.05, 0.1) is 20.1 Å². The molecule has 0 N–H and O–H groups in total. The van der Waals surface area contributed by atoms with E-state index in [9.17, 15) is 9.59 Å². The second kappa shape index (κ2) is 13.1. The molecule has 1 fully saturated rings. The van der Waals surface area contributed by atoms with Gasteiger partial charge in [0.2, 0.25) is 0 Å². The molecule has 2 aromatic rings. The van der Waals surface area contributed by atoms with Gasteiger partial charge in [-0.15, -0.1) is 0 Å². The molecule has 2 aromatic carbocycles. The van der Waals surface area contributed by atoms with Crippen LogP contribution in [0.4, 0.5) is 0 Å². The number of hydrogen-bond acceptors (Lipinski definition) is 4. The molecule has 4 nitrogen and oxygen atoms in total. The van der Waals surface area contributed by atoms with Crippen molar-refractivity contribution in [3.05, 3.63) is 114 Å². The summed E-state index contributed by atoms with van der Waals surface area (Å²) in [5.41, 5.74) is 2.25. The largest absolute Gasteiger partial charge is 0.469 e.